The normalized spacial score (nSPS) is 10.3. The van der Waals surface area contributed by atoms with Crippen LogP contribution in [-0.2, 0) is 6.54 Å². The Bertz CT molecular complexity index is 570. The monoisotopic (exact) mass is 281 g/mol. The number of hydrogen-bond donors (Lipinski definition) is 1. The van der Waals surface area contributed by atoms with Crippen molar-refractivity contribution in [2.45, 2.75) is 6.54 Å². The lowest BCUT2D eigenvalue weighted by atomic mass is 10.3. The summed E-state index contributed by atoms with van der Waals surface area (Å²) in [5.74, 6) is 0.181. The number of thiophene rings is 1. The molecular weight excluding hydrogens is 270 g/mol. The zero-order valence-electron chi connectivity index (χ0n) is 9.76. The Hall–Kier alpha value is -1.59. The Balaban J connectivity index is 2.09. The summed E-state index contributed by atoms with van der Waals surface area (Å²) in [7, 11) is 1.72. The van der Waals surface area contributed by atoms with Crippen molar-refractivity contribution in [1.82, 2.24) is 9.88 Å². The molecule has 0 unspecified atom stereocenters. The molecule has 0 saturated heterocycles. The fourth-order valence-corrected chi connectivity index (χ4v) is 2.65. The van der Waals surface area contributed by atoms with Crippen molar-refractivity contribution in [2.75, 3.05) is 12.8 Å². The fourth-order valence-electron chi connectivity index (χ4n) is 1.51. The summed E-state index contributed by atoms with van der Waals surface area (Å²) in [6.07, 6.45) is 0. The van der Waals surface area contributed by atoms with Crippen molar-refractivity contribution in [3.05, 3.63) is 45.2 Å². The molecule has 0 aliphatic carbocycles. The minimum absolute atomic E-state index is 0.160. The van der Waals surface area contributed by atoms with E-state index in [9.17, 15) is 4.79 Å². The Morgan fingerprint density at radius 1 is 1.44 bits per heavy atom. The molecule has 0 radical (unpaired) electrons. The number of aromatic nitrogens is 1. The first kappa shape index (κ1) is 12.9. The molecule has 2 heterocycles. The third-order valence-electron chi connectivity index (χ3n) is 2.36. The van der Waals surface area contributed by atoms with Gasteiger partial charge in [0.25, 0.3) is 5.91 Å². The second-order valence-corrected chi connectivity index (χ2v) is 5.61. The van der Waals surface area contributed by atoms with Gasteiger partial charge in [0.2, 0.25) is 0 Å². The molecule has 4 nitrogen and oxygen atoms in total. The number of nitrogens with two attached hydrogens (primary N) is 1. The number of hydrogen-bond acceptors (Lipinski definition) is 4. The number of nitrogen functional groups attached to an aromatic ring is 1. The maximum absolute atomic E-state index is 12.1. The van der Waals surface area contributed by atoms with Gasteiger partial charge >= 0.3 is 0 Å². The van der Waals surface area contributed by atoms with Crippen molar-refractivity contribution in [3.63, 3.8) is 0 Å². The Morgan fingerprint density at radius 3 is 2.83 bits per heavy atom. The Kier molecular flexibility index (Phi) is 3.84. The summed E-state index contributed by atoms with van der Waals surface area (Å²) in [5.41, 5.74) is 5.90. The Morgan fingerprint density at radius 2 is 2.22 bits per heavy atom. The molecule has 94 valence electrons. The predicted molar refractivity (Wildman–Crippen MR) is 73.8 cm³/mol. The standard InChI is InChI=1S/C12H12ClN3OS/c1-16(7-8-5-6-10(13)18-8)12(17)9-3-2-4-11(14)15-9/h2-6H,7H2,1H3,(H2,14,15). The van der Waals surface area contributed by atoms with Crippen LogP contribution in [0.1, 0.15) is 15.4 Å². The lowest BCUT2D eigenvalue weighted by Crippen LogP contribution is -2.26. The van der Waals surface area contributed by atoms with Crippen molar-refractivity contribution in [1.29, 1.82) is 0 Å². The molecule has 2 N–H and O–H groups in total. The van der Waals surface area contributed by atoms with Crippen LogP contribution in [0.3, 0.4) is 0 Å². The molecular formula is C12H12ClN3OS. The highest BCUT2D eigenvalue weighted by atomic mass is 35.5. The van der Waals surface area contributed by atoms with Gasteiger partial charge in [-0.15, -0.1) is 11.3 Å². The van der Waals surface area contributed by atoms with Crippen molar-refractivity contribution < 1.29 is 4.79 Å². The summed E-state index contributed by atoms with van der Waals surface area (Å²) in [6, 6.07) is 8.74. The summed E-state index contributed by atoms with van der Waals surface area (Å²) in [6.45, 7) is 0.507. The van der Waals surface area contributed by atoms with Gasteiger partial charge in [-0.25, -0.2) is 4.98 Å². The molecule has 0 aromatic carbocycles. The summed E-state index contributed by atoms with van der Waals surface area (Å²) < 4.78 is 0.716. The van der Waals surface area contributed by atoms with E-state index < -0.39 is 0 Å². The number of halogens is 1. The SMILES string of the molecule is CN(Cc1ccc(Cl)s1)C(=O)c1cccc(N)n1. The first-order valence-electron chi connectivity index (χ1n) is 5.28. The van der Waals surface area contributed by atoms with E-state index in [1.54, 1.807) is 30.1 Å². The van der Waals surface area contributed by atoms with Gasteiger partial charge in [-0.1, -0.05) is 17.7 Å². The first-order chi connectivity index (χ1) is 8.56. The number of amides is 1. The van der Waals surface area contributed by atoms with Gasteiger partial charge in [0.1, 0.15) is 11.5 Å². The molecule has 0 aliphatic heterocycles. The molecule has 0 bridgehead atoms. The van der Waals surface area contributed by atoms with Crippen LogP contribution in [0.15, 0.2) is 30.3 Å². The molecule has 0 aliphatic rings. The molecule has 2 aromatic rings. The number of rotatable bonds is 3. The minimum atomic E-state index is -0.160. The largest absolute Gasteiger partial charge is 0.384 e. The molecule has 6 heteroatoms. The molecule has 2 aromatic heterocycles. The number of carbonyl (C=O) groups excluding carboxylic acids is 1. The predicted octanol–water partition coefficient (Wildman–Crippen LogP) is 2.65. The van der Waals surface area contributed by atoms with Crippen molar-refractivity contribution in [2.24, 2.45) is 0 Å². The zero-order valence-corrected chi connectivity index (χ0v) is 11.3. The summed E-state index contributed by atoms with van der Waals surface area (Å²) >= 11 is 7.31. The third-order valence-corrected chi connectivity index (χ3v) is 3.57. The van der Waals surface area contributed by atoms with Crippen LogP contribution in [0.25, 0.3) is 0 Å². The highest BCUT2D eigenvalue weighted by Gasteiger charge is 2.14. The summed E-state index contributed by atoms with van der Waals surface area (Å²) in [4.78, 5) is 18.7. The van der Waals surface area contributed by atoms with Gasteiger partial charge in [0, 0.05) is 11.9 Å². The second-order valence-electron chi connectivity index (χ2n) is 3.81. The van der Waals surface area contributed by atoms with E-state index in [2.05, 4.69) is 4.98 Å². The second kappa shape index (κ2) is 5.37. The molecule has 18 heavy (non-hydrogen) atoms. The molecule has 0 saturated carbocycles. The molecule has 0 atom stereocenters. The van der Waals surface area contributed by atoms with Gasteiger partial charge in [0.15, 0.2) is 0 Å². The van der Waals surface area contributed by atoms with Crippen LogP contribution < -0.4 is 5.73 Å². The smallest absolute Gasteiger partial charge is 0.272 e. The van der Waals surface area contributed by atoms with Gasteiger partial charge in [-0.2, -0.15) is 0 Å². The highest BCUT2D eigenvalue weighted by Crippen LogP contribution is 2.22. The minimum Gasteiger partial charge on any atom is -0.384 e. The number of pyridine rings is 1. The van der Waals surface area contributed by atoms with Crippen LogP contribution >= 0.6 is 22.9 Å². The van der Waals surface area contributed by atoms with Crippen LogP contribution in [0, 0.1) is 0 Å². The van der Waals surface area contributed by atoms with E-state index in [0.717, 1.165) is 4.88 Å². The van der Waals surface area contributed by atoms with Crippen LogP contribution in [-0.4, -0.2) is 22.8 Å². The van der Waals surface area contributed by atoms with E-state index in [-0.39, 0.29) is 5.91 Å². The van der Waals surface area contributed by atoms with Gasteiger partial charge < -0.3 is 10.6 Å². The van der Waals surface area contributed by atoms with Gasteiger partial charge in [-0.05, 0) is 24.3 Å². The van der Waals surface area contributed by atoms with Crippen LogP contribution in [0.4, 0.5) is 5.82 Å². The van der Waals surface area contributed by atoms with E-state index in [4.69, 9.17) is 17.3 Å². The van der Waals surface area contributed by atoms with E-state index in [0.29, 0.717) is 22.4 Å². The Labute approximate surface area is 114 Å². The number of anilines is 1. The average molecular weight is 282 g/mol. The molecule has 0 fully saturated rings. The lowest BCUT2D eigenvalue weighted by Gasteiger charge is -2.15. The van der Waals surface area contributed by atoms with E-state index in [1.165, 1.54) is 11.3 Å². The number of nitrogens with zero attached hydrogens (tertiary/aromatic N) is 2. The van der Waals surface area contributed by atoms with Crippen LogP contribution in [0.5, 0.6) is 0 Å². The highest BCUT2D eigenvalue weighted by molar-refractivity contribution is 7.16. The summed E-state index contributed by atoms with van der Waals surface area (Å²) in [5, 5.41) is 0. The maximum atomic E-state index is 12.1. The lowest BCUT2D eigenvalue weighted by molar-refractivity contribution is 0.0781. The van der Waals surface area contributed by atoms with Gasteiger partial charge in [0.05, 0.1) is 10.9 Å². The topological polar surface area (TPSA) is 59.2 Å². The maximum Gasteiger partial charge on any atom is 0.272 e. The quantitative estimate of drug-likeness (QED) is 0.941. The fraction of sp³-hybridized carbons (Fsp3) is 0.167. The van der Waals surface area contributed by atoms with Gasteiger partial charge in [-0.3, -0.25) is 4.79 Å². The number of carbonyl (C=O) groups is 1. The van der Waals surface area contributed by atoms with Crippen LogP contribution in [0.2, 0.25) is 4.34 Å². The first-order valence-corrected chi connectivity index (χ1v) is 6.48. The zero-order chi connectivity index (χ0) is 13.1. The molecule has 0 spiro atoms. The van der Waals surface area contributed by atoms with Crippen molar-refractivity contribution >= 4 is 34.7 Å². The third kappa shape index (κ3) is 3.00. The molecule has 1 amide bonds. The average Bonchev–Trinajstić information content (AvgIpc) is 2.73. The van der Waals surface area contributed by atoms with E-state index in [1.807, 2.05) is 12.1 Å². The van der Waals surface area contributed by atoms with Crippen molar-refractivity contribution in [3.8, 4) is 0 Å². The molecule has 2 rings (SSSR count). The van der Waals surface area contributed by atoms with E-state index >= 15 is 0 Å².